The van der Waals surface area contributed by atoms with Gasteiger partial charge in [-0.1, -0.05) is 25.1 Å². The molecule has 1 rings (SSSR count). The van der Waals surface area contributed by atoms with Gasteiger partial charge >= 0.3 is 6.18 Å². The maximum Gasteiger partial charge on any atom is 0.389 e. The molecule has 1 aromatic rings. The van der Waals surface area contributed by atoms with Crippen LogP contribution in [0.2, 0.25) is 0 Å². The van der Waals surface area contributed by atoms with E-state index in [0.29, 0.717) is 17.7 Å². The van der Waals surface area contributed by atoms with Crippen molar-refractivity contribution in [2.24, 2.45) is 0 Å². The molecule has 0 aromatic heterocycles. The van der Waals surface area contributed by atoms with E-state index in [2.05, 4.69) is 0 Å². The summed E-state index contributed by atoms with van der Waals surface area (Å²) >= 11 is 0. The maximum absolute atomic E-state index is 11.9. The molecule has 0 saturated heterocycles. The van der Waals surface area contributed by atoms with E-state index in [4.69, 9.17) is 4.74 Å². The topological polar surface area (TPSA) is 29.5 Å². The molecule has 0 saturated carbocycles. The highest BCUT2D eigenvalue weighted by atomic mass is 19.4. The van der Waals surface area contributed by atoms with Crippen LogP contribution in [-0.2, 0) is 0 Å². The van der Waals surface area contributed by atoms with E-state index >= 15 is 0 Å². The van der Waals surface area contributed by atoms with Crippen molar-refractivity contribution >= 4 is 0 Å². The Morgan fingerprint density at radius 3 is 2.56 bits per heavy atom. The van der Waals surface area contributed by atoms with Crippen molar-refractivity contribution in [1.29, 1.82) is 0 Å². The molecule has 0 spiro atoms. The van der Waals surface area contributed by atoms with E-state index < -0.39 is 18.7 Å². The van der Waals surface area contributed by atoms with Crippen LogP contribution in [0.3, 0.4) is 0 Å². The van der Waals surface area contributed by atoms with Crippen LogP contribution >= 0.6 is 0 Å². The van der Waals surface area contributed by atoms with Gasteiger partial charge in [-0.25, -0.2) is 0 Å². The Bertz CT molecular complexity index is 363. The molecule has 0 aliphatic heterocycles. The van der Waals surface area contributed by atoms with Crippen molar-refractivity contribution in [3.8, 4) is 5.75 Å². The van der Waals surface area contributed by atoms with Crippen LogP contribution < -0.4 is 4.74 Å². The highest BCUT2D eigenvalue weighted by Crippen LogP contribution is 2.27. The third-order valence-corrected chi connectivity index (χ3v) is 2.53. The molecule has 2 nitrogen and oxygen atoms in total. The number of alkyl halides is 3. The second-order valence-electron chi connectivity index (χ2n) is 4.03. The summed E-state index contributed by atoms with van der Waals surface area (Å²) in [6, 6.07) is 6.86. The van der Waals surface area contributed by atoms with Gasteiger partial charge in [-0.05, 0) is 18.9 Å². The van der Waals surface area contributed by atoms with E-state index in [1.807, 2.05) is 6.92 Å². The summed E-state index contributed by atoms with van der Waals surface area (Å²) in [5.74, 6) is 0.453. The summed E-state index contributed by atoms with van der Waals surface area (Å²) in [7, 11) is 0. The molecule has 18 heavy (non-hydrogen) atoms. The lowest BCUT2D eigenvalue weighted by Gasteiger charge is -2.15. The number of hydrogen-bond donors (Lipinski definition) is 1. The monoisotopic (exact) mass is 262 g/mol. The van der Waals surface area contributed by atoms with Crippen LogP contribution in [-0.4, -0.2) is 17.9 Å². The third kappa shape index (κ3) is 4.96. The standard InChI is InChI=1S/C13H17F3O2/c1-2-11(17)10-6-3-4-7-12(10)18-9-5-8-13(14,15)16/h3-4,6-7,11,17H,2,5,8-9H2,1H3. The average molecular weight is 262 g/mol. The number of halogens is 3. The van der Waals surface area contributed by atoms with Crippen LogP contribution in [0.5, 0.6) is 5.75 Å². The fraction of sp³-hybridized carbons (Fsp3) is 0.538. The predicted molar refractivity (Wildman–Crippen MR) is 62.5 cm³/mol. The van der Waals surface area contributed by atoms with Crippen LogP contribution in [0.25, 0.3) is 0 Å². The van der Waals surface area contributed by atoms with E-state index in [1.54, 1.807) is 24.3 Å². The number of rotatable bonds is 6. The molecule has 0 aliphatic carbocycles. The lowest BCUT2D eigenvalue weighted by Crippen LogP contribution is -2.10. The number of aliphatic hydroxyl groups is 1. The van der Waals surface area contributed by atoms with Gasteiger partial charge < -0.3 is 9.84 Å². The Kier molecular flexibility index (Phi) is 5.47. The quantitative estimate of drug-likeness (QED) is 0.789. The average Bonchev–Trinajstić information content (AvgIpc) is 2.33. The van der Waals surface area contributed by atoms with Gasteiger partial charge in [-0.15, -0.1) is 0 Å². The molecular formula is C13H17F3O2. The molecule has 0 bridgehead atoms. The van der Waals surface area contributed by atoms with Gasteiger partial charge in [0.25, 0.3) is 0 Å². The highest BCUT2D eigenvalue weighted by Gasteiger charge is 2.26. The normalized spacial score (nSPS) is 13.4. The lowest BCUT2D eigenvalue weighted by atomic mass is 10.1. The summed E-state index contributed by atoms with van der Waals surface area (Å²) in [4.78, 5) is 0. The zero-order valence-corrected chi connectivity index (χ0v) is 10.2. The third-order valence-electron chi connectivity index (χ3n) is 2.53. The Labute approximate surface area is 104 Å². The lowest BCUT2D eigenvalue weighted by molar-refractivity contribution is -0.136. The van der Waals surface area contributed by atoms with Crippen molar-refractivity contribution in [1.82, 2.24) is 0 Å². The first-order chi connectivity index (χ1) is 8.44. The van der Waals surface area contributed by atoms with Gasteiger partial charge in [0.05, 0.1) is 12.7 Å². The number of aliphatic hydroxyl groups excluding tert-OH is 1. The molecule has 0 radical (unpaired) electrons. The number of hydrogen-bond acceptors (Lipinski definition) is 2. The van der Waals surface area contributed by atoms with Gasteiger partial charge in [0.2, 0.25) is 0 Å². The molecule has 0 heterocycles. The van der Waals surface area contributed by atoms with Crippen LogP contribution in [0.15, 0.2) is 24.3 Å². The molecule has 102 valence electrons. The molecule has 1 unspecified atom stereocenters. The summed E-state index contributed by atoms with van der Waals surface area (Å²) in [6.45, 7) is 1.82. The predicted octanol–water partition coefficient (Wildman–Crippen LogP) is 3.85. The first-order valence-electron chi connectivity index (χ1n) is 5.90. The van der Waals surface area contributed by atoms with Gasteiger partial charge in [0, 0.05) is 12.0 Å². The van der Waals surface area contributed by atoms with Crippen LogP contribution in [0.1, 0.15) is 37.9 Å². The second-order valence-corrected chi connectivity index (χ2v) is 4.03. The summed E-state index contributed by atoms with van der Waals surface area (Å²) in [6.07, 6.45) is -5.20. The molecule has 0 amide bonds. The van der Waals surface area contributed by atoms with Crippen molar-refractivity contribution in [3.05, 3.63) is 29.8 Å². The van der Waals surface area contributed by atoms with Crippen molar-refractivity contribution in [2.75, 3.05) is 6.61 Å². The SMILES string of the molecule is CCC(O)c1ccccc1OCCCC(F)(F)F. The Hall–Kier alpha value is -1.23. The minimum atomic E-state index is -4.15. The van der Waals surface area contributed by atoms with E-state index in [0.717, 1.165) is 0 Å². The minimum absolute atomic E-state index is 0.00699. The fourth-order valence-corrected chi connectivity index (χ4v) is 1.56. The largest absolute Gasteiger partial charge is 0.493 e. The Morgan fingerprint density at radius 2 is 1.94 bits per heavy atom. The second kappa shape index (κ2) is 6.64. The minimum Gasteiger partial charge on any atom is -0.493 e. The smallest absolute Gasteiger partial charge is 0.389 e. The maximum atomic E-state index is 11.9. The van der Waals surface area contributed by atoms with Crippen LogP contribution in [0.4, 0.5) is 13.2 Å². The van der Waals surface area contributed by atoms with E-state index in [1.165, 1.54) is 0 Å². The molecule has 5 heteroatoms. The van der Waals surface area contributed by atoms with Crippen molar-refractivity contribution in [3.63, 3.8) is 0 Å². The molecule has 1 N–H and O–H groups in total. The van der Waals surface area contributed by atoms with Crippen molar-refractivity contribution in [2.45, 2.75) is 38.5 Å². The number of ether oxygens (including phenoxy) is 1. The summed E-state index contributed by atoms with van der Waals surface area (Å²) in [5, 5.41) is 9.74. The van der Waals surface area contributed by atoms with Crippen LogP contribution in [0, 0.1) is 0 Å². The zero-order chi connectivity index (χ0) is 13.6. The Balaban J connectivity index is 2.52. The molecule has 1 aromatic carbocycles. The first-order valence-corrected chi connectivity index (χ1v) is 5.90. The summed E-state index contributed by atoms with van der Waals surface area (Å²) < 4.78 is 41.1. The van der Waals surface area contributed by atoms with E-state index in [-0.39, 0.29) is 13.0 Å². The van der Waals surface area contributed by atoms with Crippen molar-refractivity contribution < 1.29 is 23.0 Å². The number of benzene rings is 1. The van der Waals surface area contributed by atoms with Gasteiger partial charge in [0.15, 0.2) is 0 Å². The summed E-state index contributed by atoms with van der Waals surface area (Å²) in [5.41, 5.74) is 0.618. The molecular weight excluding hydrogens is 245 g/mol. The molecule has 1 atom stereocenters. The fourth-order valence-electron chi connectivity index (χ4n) is 1.56. The number of para-hydroxylation sites is 1. The van der Waals surface area contributed by atoms with Gasteiger partial charge in [0.1, 0.15) is 5.75 Å². The van der Waals surface area contributed by atoms with Gasteiger partial charge in [-0.3, -0.25) is 0 Å². The van der Waals surface area contributed by atoms with E-state index in [9.17, 15) is 18.3 Å². The first kappa shape index (κ1) is 14.8. The Morgan fingerprint density at radius 1 is 1.28 bits per heavy atom. The highest BCUT2D eigenvalue weighted by molar-refractivity contribution is 5.34. The molecule has 0 aliphatic rings. The van der Waals surface area contributed by atoms with Gasteiger partial charge in [-0.2, -0.15) is 13.2 Å². The molecule has 0 fully saturated rings. The zero-order valence-electron chi connectivity index (χ0n) is 10.2.